The van der Waals surface area contributed by atoms with E-state index < -0.39 is 0 Å². The average molecular weight is 311 g/mol. The highest BCUT2D eigenvalue weighted by Crippen LogP contribution is 2.32. The monoisotopic (exact) mass is 311 g/mol. The van der Waals surface area contributed by atoms with Gasteiger partial charge in [-0.05, 0) is 54.5 Å². The molecule has 0 aromatic carbocycles. The molecule has 0 amide bonds. The number of carbonyl (C=O) groups is 2. The number of carbonyl (C=O) groups excluding carboxylic acids is 2. The van der Waals surface area contributed by atoms with Crippen molar-refractivity contribution in [1.82, 2.24) is 4.90 Å². The van der Waals surface area contributed by atoms with Gasteiger partial charge in [0.1, 0.15) is 6.61 Å². The van der Waals surface area contributed by atoms with Crippen LogP contribution < -0.4 is 0 Å². The minimum absolute atomic E-state index is 0.0498. The lowest BCUT2D eigenvalue weighted by molar-refractivity contribution is -0.144. The fourth-order valence-electron chi connectivity index (χ4n) is 2.74. The van der Waals surface area contributed by atoms with Crippen LogP contribution in [0, 0.1) is 5.92 Å². The highest BCUT2D eigenvalue weighted by Gasteiger charge is 2.40. The Bertz CT molecular complexity index is 454. The van der Waals surface area contributed by atoms with Crippen LogP contribution in [0.2, 0.25) is 0 Å². The molecule has 0 saturated carbocycles. The van der Waals surface area contributed by atoms with Crippen molar-refractivity contribution in [3.05, 3.63) is 12.2 Å². The van der Waals surface area contributed by atoms with Crippen LogP contribution in [0.4, 0.5) is 0 Å². The summed E-state index contributed by atoms with van der Waals surface area (Å²) in [7, 11) is 1.99. The Morgan fingerprint density at radius 1 is 1.36 bits per heavy atom. The lowest BCUT2D eigenvalue weighted by Crippen LogP contribution is -2.56. The highest BCUT2D eigenvalue weighted by atomic mass is 16.5. The summed E-state index contributed by atoms with van der Waals surface area (Å²) >= 11 is 0. The molecule has 126 valence electrons. The highest BCUT2D eigenvalue weighted by molar-refractivity contribution is 5.86. The van der Waals surface area contributed by atoms with Crippen LogP contribution in [0.15, 0.2) is 12.2 Å². The van der Waals surface area contributed by atoms with E-state index in [0.717, 1.165) is 12.8 Å². The van der Waals surface area contributed by atoms with Crippen molar-refractivity contribution < 1.29 is 19.1 Å². The van der Waals surface area contributed by atoms with E-state index in [4.69, 9.17) is 9.47 Å². The topological polar surface area (TPSA) is 55.8 Å². The Labute approximate surface area is 133 Å². The molecule has 0 aliphatic carbocycles. The Balaban J connectivity index is 2.69. The first-order chi connectivity index (χ1) is 9.97. The van der Waals surface area contributed by atoms with Gasteiger partial charge in [-0.2, -0.15) is 0 Å². The standard InChI is InChI=1S/C17H29NO4/c1-12(2)14(19)22-11-17(5,6)18(7)16(3,4)10-13-8-9-21-15(13)20/h13H,1,8-11H2,2-7H3. The molecule has 0 radical (unpaired) electrons. The maximum Gasteiger partial charge on any atom is 0.333 e. The Morgan fingerprint density at radius 2 is 1.95 bits per heavy atom. The molecule has 1 heterocycles. The molecule has 1 rings (SSSR count). The summed E-state index contributed by atoms with van der Waals surface area (Å²) in [6.07, 6.45) is 1.50. The molecule has 5 heteroatoms. The summed E-state index contributed by atoms with van der Waals surface area (Å²) in [5.41, 5.74) is -0.170. The van der Waals surface area contributed by atoms with E-state index in [9.17, 15) is 9.59 Å². The zero-order valence-electron chi connectivity index (χ0n) is 14.7. The molecular weight excluding hydrogens is 282 g/mol. The zero-order chi connectivity index (χ0) is 17.1. The SMILES string of the molecule is C=C(C)C(=O)OCC(C)(C)N(C)C(C)(C)CC1CCOC1=O. The van der Waals surface area contributed by atoms with Gasteiger partial charge in [0.2, 0.25) is 0 Å². The van der Waals surface area contributed by atoms with Gasteiger partial charge in [0.05, 0.1) is 12.5 Å². The van der Waals surface area contributed by atoms with Crippen LogP contribution in [0.3, 0.4) is 0 Å². The fraction of sp³-hybridized carbons (Fsp3) is 0.765. The third-order valence-corrected chi connectivity index (χ3v) is 4.51. The van der Waals surface area contributed by atoms with Crippen LogP contribution in [0.1, 0.15) is 47.5 Å². The van der Waals surface area contributed by atoms with E-state index in [1.807, 2.05) is 20.9 Å². The molecule has 22 heavy (non-hydrogen) atoms. The second-order valence-electron chi connectivity index (χ2n) is 7.40. The van der Waals surface area contributed by atoms with Crippen molar-refractivity contribution in [2.75, 3.05) is 20.3 Å². The summed E-state index contributed by atoms with van der Waals surface area (Å²) in [4.78, 5) is 25.4. The molecule has 1 aliphatic heterocycles. The number of cyclic esters (lactones) is 1. The zero-order valence-corrected chi connectivity index (χ0v) is 14.7. The molecular formula is C17H29NO4. The third kappa shape index (κ3) is 4.57. The Morgan fingerprint density at radius 3 is 2.41 bits per heavy atom. The Hall–Kier alpha value is -1.36. The molecule has 0 bridgehead atoms. The van der Waals surface area contributed by atoms with Crippen molar-refractivity contribution >= 4 is 11.9 Å². The number of ether oxygens (including phenoxy) is 2. The molecule has 5 nitrogen and oxygen atoms in total. The number of likely N-dealkylation sites (N-methyl/N-ethyl adjacent to an activating group) is 1. The predicted molar refractivity (Wildman–Crippen MR) is 85.4 cm³/mol. The summed E-state index contributed by atoms with van der Waals surface area (Å²) < 4.78 is 10.3. The molecule has 0 N–H and O–H groups in total. The van der Waals surface area contributed by atoms with E-state index in [-0.39, 0.29) is 35.5 Å². The van der Waals surface area contributed by atoms with E-state index in [1.165, 1.54) is 0 Å². The first kappa shape index (κ1) is 18.7. The van der Waals surface area contributed by atoms with Gasteiger partial charge in [0, 0.05) is 16.7 Å². The third-order valence-electron chi connectivity index (χ3n) is 4.51. The molecule has 0 aromatic heterocycles. The average Bonchev–Trinajstić information content (AvgIpc) is 2.80. The first-order valence-corrected chi connectivity index (χ1v) is 7.70. The number of hydrogen-bond donors (Lipinski definition) is 0. The summed E-state index contributed by atoms with van der Waals surface area (Å²) in [5, 5.41) is 0. The van der Waals surface area contributed by atoms with Gasteiger partial charge in [0.25, 0.3) is 0 Å². The summed E-state index contributed by atoms with van der Waals surface area (Å²) in [5.74, 6) is -0.530. The summed E-state index contributed by atoms with van der Waals surface area (Å²) in [6.45, 7) is 14.2. The first-order valence-electron chi connectivity index (χ1n) is 7.70. The molecule has 1 atom stereocenters. The second-order valence-corrected chi connectivity index (χ2v) is 7.40. The molecule has 0 aromatic rings. The van der Waals surface area contributed by atoms with Crippen molar-refractivity contribution in [3.8, 4) is 0 Å². The van der Waals surface area contributed by atoms with Gasteiger partial charge < -0.3 is 9.47 Å². The van der Waals surface area contributed by atoms with E-state index in [2.05, 4.69) is 25.3 Å². The Kier molecular flexibility index (Phi) is 5.79. The van der Waals surface area contributed by atoms with Gasteiger partial charge in [-0.3, -0.25) is 9.69 Å². The summed E-state index contributed by atoms with van der Waals surface area (Å²) in [6, 6.07) is 0. The minimum Gasteiger partial charge on any atom is -0.465 e. The van der Waals surface area contributed by atoms with E-state index in [0.29, 0.717) is 12.2 Å². The minimum atomic E-state index is -0.376. The fourth-order valence-corrected chi connectivity index (χ4v) is 2.74. The van der Waals surface area contributed by atoms with Crippen LogP contribution >= 0.6 is 0 Å². The number of esters is 2. The maximum absolute atomic E-state index is 11.7. The van der Waals surface area contributed by atoms with Gasteiger partial charge in [-0.15, -0.1) is 0 Å². The molecule has 0 spiro atoms. The van der Waals surface area contributed by atoms with Crippen molar-refractivity contribution in [1.29, 1.82) is 0 Å². The maximum atomic E-state index is 11.7. The van der Waals surface area contributed by atoms with Crippen molar-refractivity contribution in [3.63, 3.8) is 0 Å². The van der Waals surface area contributed by atoms with Crippen LogP contribution in [-0.2, 0) is 19.1 Å². The van der Waals surface area contributed by atoms with Gasteiger partial charge >= 0.3 is 11.9 Å². The quantitative estimate of drug-likeness (QED) is 0.534. The largest absolute Gasteiger partial charge is 0.465 e. The van der Waals surface area contributed by atoms with E-state index in [1.54, 1.807) is 6.92 Å². The van der Waals surface area contributed by atoms with Gasteiger partial charge in [-0.25, -0.2) is 4.79 Å². The lowest BCUT2D eigenvalue weighted by atomic mass is 9.85. The van der Waals surface area contributed by atoms with Crippen LogP contribution in [0.5, 0.6) is 0 Å². The predicted octanol–water partition coefficient (Wildman–Crippen LogP) is 2.55. The van der Waals surface area contributed by atoms with Crippen LogP contribution in [-0.4, -0.2) is 48.2 Å². The molecule has 1 aliphatic rings. The molecule has 1 unspecified atom stereocenters. The molecule has 1 fully saturated rings. The lowest BCUT2D eigenvalue weighted by Gasteiger charge is -2.46. The number of hydrogen-bond acceptors (Lipinski definition) is 5. The number of rotatable bonds is 7. The van der Waals surface area contributed by atoms with Crippen molar-refractivity contribution in [2.24, 2.45) is 5.92 Å². The second kappa shape index (κ2) is 6.82. The smallest absolute Gasteiger partial charge is 0.333 e. The van der Waals surface area contributed by atoms with Gasteiger partial charge in [-0.1, -0.05) is 6.58 Å². The van der Waals surface area contributed by atoms with Crippen molar-refractivity contribution in [2.45, 2.75) is 58.5 Å². The van der Waals surface area contributed by atoms with E-state index >= 15 is 0 Å². The molecule has 1 saturated heterocycles. The van der Waals surface area contributed by atoms with Gasteiger partial charge in [0.15, 0.2) is 0 Å². The normalized spacial score (nSPS) is 19.2. The number of nitrogens with zero attached hydrogens (tertiary/aromatic N) is 1. The van der Waals surface area contributed by atoms with Crippen LogP contribution in [0.25, 0.3) is 0 Å².